The van der Waals surface area contributed by atoms with Crippen molar-refractivity contribution >= 4 is 71.2 Å². The smallest absolute Gasteiger partial charge is 0.467 e. The summed E-state index contributed by atoms with van der Waals surface area (Å²) in [5.74, 6) is 1.43. The number of alkyl carbamates (subject to hydrolysis) is 2. The fourth-order valence-corrected chi connectivity index (χ4v) is 7.20. The van der Waals surface area contributed by atoms with Gasteiger partial charge in [-0.15, -0.1) is 23.5 Å². The van der Waals surface area contributed by atoms with Gasteiger partial charge in [-0.1, -0.05) is 24.3 Å². The SMILES string of the molecule is COC(=O)[C@H](Cc1ccc(OC(=O)CSCCC(=O)[C]2[CH][CH][CH][CH]2)cc1)NC(=O)OC(C)(C)C.COC(=O)[C@H](Cc1ccc(OC(=O)CSCCC(=O)[C]2[CH][CH][CH][CH]2)cc1)NC(=O)OC(C)(C)C.[Fe+2]. The van der Waals surface area contributed by atoms with Crippen LogP contribution in [0.15, 0.2) is 48.5 Å². The van der Waals surface area contributed by atoms with E-state index in [4.69, 9.17) is 28.4 Å². The number of amides is 2. The summed E-state index contributed by atoms with van der Waals surface area (Å²) in [4.78, 5) is 96.2. The maximum Gasteiger partial charge on any atom is 2.00 e. The van der Waals surface area contributed by atoms with Crippen molar-refractivity contribution in [3.05, 3.63) is 123 Å². The monoisotopic (exact) mass is 1030 g/mol. The molecule has 2 fully saturated rings. The first-order valence-electron chi connectivity index (χ1n) is 21.5. The molecule has 2 aromatic rings. The summed E-state index contributed by atoms with van der Waals surface area (Å²) in [6.07, 6.45) is 14.0. The molecule has 0 bridgehead atoms. The molecule has 0 aliphatic heterocycles. The molecule has 0 spiro atoms. The number of carbonyl (C=O) groups is 8. The fourth-order valence-electron chi connectivity index (χ4n) is 5.80. The number of ether oxygens (including phenoxy) is 6. The predicted molar refractivity (Wildman–Crippen MR) is 257 cm³/mol. The number of ketones is 2. The number of hydrogen-bond acceptors (Lipinski definition) is 16. The van der Waals surface area contributed by atoms with Crippen molar-refractivity contribution in [1.29, 1.82) is 0 Å². The summed E-state index contributed by atoms with van der Waals surface area (Å²) < 4.78 is 30.6. The third kappa shape index (κ3) is 25.2. The van der Waals surface area contributed by atoms with Crippen LogP contribution in [0.5, 0.6) is 11.5 Å². The third-order valence-electron chi connectivity index (χ3n) is 8.90. The van der Waals surface area contributed by atoms with Gasteiger partial charge in [-0.2, -0.15) is 0 Å². The van der Waals surface area contributed by atoms with Crippen molar-refractivity contribution < 1.29 is 83.8 Å². The molecule has 372 valence electrons. The van der Waals surface area contributed by atoms with Crippen molar-refractivity contribution in [3.8, 4) is 11.5 Å². The number of rotatable bonds is 22. The van der Waals surface area contributed by atoms with Crippen LogP contribution in [0, 0.1) is 63.2 Å². The quantitative estimate of drug-likeness (QED) is 0.0418. The van der Waals surface area contributed by atoms with Gasteiger partial charge in [-0.05, 0) is 128 Å². The molecule has 0 saturated heterocycles. The van der Waals surface area contributed by atoms with Gasteiger partial charge in [0.15, 0.2) is 0 Å². The number of carbonyl (C=O) groups excluding carboxylic acids is 8. The Morgan fingerprint density at radius 3 is 1.13 bits per heavy atom. The first-order chi connectivity index (χ1) is 32.1. The predicted octanol–water partition coefficient (Wildman–Crippen LogP) is 6.59. The second kappa shape index (κ2) is 30.9. The fraction of sp³-hybridized carbons (Fsp3) is 0.400. The molecule has 2 saturated carbocycles. The number of methoxy groups -OCH3 is 2. The molecule has 2 aliphatic rings. The summed E-state index contributed by atoms with van der Waals surface area (Å²) in [5, 5.41) is 5.03. The van der Waals surface area contributed by atoms with E-state index in [1.807, 2.05) is 25.7 Å². The molecule has 0 unspecified atom stereocenters. The van der Waals surface area contributed by atoms with E-state index in [2.05, 4.69) is 10.6 Å². The molecule has 10 radical (unpaired) electrons. The van der Waals surface area contributed by atoms with Crippen molar-refractivity contribution in [2.75, 3.05) is 37.2 Å². The zero-order valence-corrected chi connectivity index (χ0v) is 42.7. The van der Waals surface area contributed by atoms with Crippen LogP contribution in [-0.2, 0) is 77.6 Å². The third-order valence-corrected chi connectivity index (χ3v) is 10.8. The van der Waals surface area contributed by atoms with Crippen LogP contribution >= 0.6 is 23.5 Å². The Bertz CT molecular complexity index is 1830. The number of Topliss-reactive ketones (excluding diaryl/α,β-unsaturated/α-hetero) is 2. The van der Waals surface area contributed by atoms with Gasteiger partial charge in [-0.3, -0.25) is 19.2 Å². The molecule has 0 heterocycles. The molecule has 69 heavy (non-hydrogen) atoms. The summed E-state index contributed by atoms with van der Waals surface area (Å²) in [6.45, 7) is 10.3. The average molecular weight is 1030 g/mol. The zero-order chi connectivity index (χ0) is 50.3. The van der Waals surface area contributed by atoms with Gasteiger partial charge in [0, 0.05) is 49.0 Å². The maximum atomic E-state index is 12.1. The van der Waals surface area contributed by atoms with E-state index in [9.17, 15) is 38.4 Å². The first-order valence-corrected chi connectivity index (χ1v) is 23.8. The molecule has 2 N–H and O–H groups in total. The molecule has 16 nitrogen and oxygen atoms in total. The molecule has 2 atom stereocenters. The van der Waals surface area contributed by atoms with Gasteiger partial charge in [-0.25, -0.2) is 19.2 Å². The van der Waals surface area contributed by atoms with E-state index >= 15 is 0 Å². The molecule has 2 amide bonds. The van der Waals surface area contributed by atoms with Gasteiger partial charge in [0.2, 0.25) is 0 Å². The number of esters is 4. The molecule has 2 aromatic carbocycles. The van der Waals surface area contributed by atoms with Gasteiger partial charge >= 0.3 is 53.1 Å². The van der Waals surface area contributed by atoms with E-state index < -0.39 is 59.3 Å². The van der Waals surface area contributed by atoms with Crippen molar-refractivity contribution in [2.24, 2.45) is 0 Å². The molecular weight excluding hydrogens is 973 g/mol. The maximum absolute atomic E-state index is 12.1. The van der Waals surface area contributed by atoms with E-state index in [0.717, 1.165) is 11.1 Å². The molecule has 4 rings (SSSR count). The Morgan fingerprint density at radius 1 is 0.522 bits per heavy atom. The molecule has 2 aliphatic carbocycles. The Kier molecular flexibility index (Phi) is 27.1. The number of nitrogens with one attached hydrogen (secondary N) is 2. The van der Waals surface area contributed by atoms with Crippen molar-refractivity contribution in [2.45, 2.75) is 90.5 Å². The average Bonchev–Trinajstić information content (AvgIpc) is 4.02. The summed E-state index contributed by atoms with van der Waals surface area (Å²) in [6, 6.07) is 11.4. The molecule has 19 heteroatoms. The van der Waals surface area contributed by atoms with Crippen molar-refractivity contribution in [3.63, 3.8) is 0 Å². The van der Waals surface area contributed by atoms with Gasteiger partial charge in [0.1, 0.15) is 46.4 Å². The van der Waals surface area contributed by atoms with Crippen LogP contribution < -0.4 is 20.1 Å². The standard InChI is InChI=1S/2C25H30NO7S.Fe/c2*1-25(2,3)33-24(30)26-20(23(29)31-4)15-17-9-11-19(12-10-17)32-22(28)16-34-14-13-21(27)18-7-5-6-8-18;/h2*5-12,20H,13-16H2,1-4H3,(H,26,30);/q;;+2/t2*20-;/m00./s1. The van der Waals surface area contributed by atoms with Gasteiger partial charge < -0.3 is 39.1 Å². The van der Waals surface area contributed by atoms with Crippen LogP contribution in [0.4, 0.5) is 9.59 Å². The number of benzene rings is 2. The number of hydrogen-bond donors (Lipinski definition) is 2. The van der Waals surface area contributed by atoms with Crippen LogP contribution in [0.2, 0.25) is 0 Å². The molecular formula is C50H60FeN2O14S2+2. The summed E-state index contributed by atoms with van der Waals surface area (Å²) >= 11 is 2.67. The topological polar surface area (TPSA) is 216 Å². The van der Waals surface area contributed by atoms with Gasteiger partial charge in [0.05, 0.1) is 25.7 Å². The largest absolute Gasteiger partial charge is 2.00 e. The Hall–Kier alpha value is -4.58. The van der Waals surface area contributed by atoms with Gasteiger partial charge in [0.25, 0.3) is 0 Å². The van der Waals surface area contributed by atoms with E-state index in [0.29, 0.717) is 47.7 Å². The Balaban J connectivity index is 0.000000467. The van der Waals surface area contributed by atoms with Crippen LogP contribution in [0.25, 0.3) is 0 Å². The second-order valence-electron chi connectivity index (χ2n) is 16.9. The zero-order valence-electron chi connectivity index (χ0n) is 39.9. The van der Waals surface area contributed by atoms with Crippen LogP contribution in [0.1, 0.15) is 65.5 Å². The minimum atomic E-state index is -0.930. The normalized spacial score (nSPS) is 14.6. The minimum absolute atomic E-state index is 0. The summed E-state index contributed by atoms with van der Waals surface area (Å²) in [7, 11) is 2.48. The Labute approximate surface area is 425 Å². The van der Waals surface area contributed by atoms with Crippen LogP contribution in [-0.4, -0.2) is 108 Å². The Morgan fingerprint density at radius 2 is 0.841 bits per heavy atom. The van der Waals surface area contributed by atoms with Crippen molar-refractivity contribution in [1.82, 2.24) is 10.6 Å². The van der Waals surface area contributed by atoms with E-state index in [1.165, 1.54) is 37.7 Å². The summed E-state index contributed by atoms with van der Waals surface area (Å²) in [5.41, 5.74) is 0.0554. The second-order valence-corrected chi connectivity index (χ2v) is 19.1. The molecule has 0 aromatic heterocycles. The van der Waals surface area contributed by atoms with E-state index in [1.54, 1.807) is 116 Å². The van der Waals surface area contributed by atoms with Crippen LogP contribution in [0.3, 0.4) is 0 Å². The number of thioether (sulfide) groups is 2. The minimum Gasteiger partial charge on any atom is -0.467 e. The van der Waals surface area contributed by atoms with E-state index in [-0.39, 0.29) is 53.0 Å². The first kappa shape index (κ1) is 60.5.